The van der Waals surface area contributed by atoms with E-state index in [0.29, 0.717) is 33.8 Å². The smallest absolute Gasteiger partial charge is 0.406 e. The molecular weight excluding hydrogens is 595 g/mol. The van der Waals surface area contributed by atoms with Crippen LogP contribution in [0, 0.1) is 6.92 Å². The largest absolute Gasteiger partial charge is 0.573 e. The van der Waals surface area contributed by atoms with Gasteiger partial charge in [0.2, 0.25) is 0 Å². The Morgan fingerprint density at radius 3 is 2.59 bits per heavy atom. The van der Waals surface area contributed by atoms with E-state index in [1.165, 1.54) is 47.0 Å². The molecule has 0 spiro atoms. The number of hydrogen-bond donors (Lipinski definition) is 2. The number of pyridine rings is 1. The number of benzene rings is 2. The zero-order valence-electron chi connectivity index (χ0n) is 23.9. The number of aryl methyl sites for hydroxylation is 1. The Hall–Kier alpha value is -4.69. The molecule has 0 radical (unpaired) electrons. The van der Waals surface area contributed by atoms with Gasteiger partial charge in [-0.1, -0.05) is 37.7 Å². The van der Waals surface area contributed by atoms with E-state index in [2.05, 4.69) is 44.0 Å². The van der Waals surface area contributed by atoms with Gasteiger partial charge in [-0.25, -0.2) is 19.4 Å². The maximum Gasteiger partial charge on any atom is 0.573 e. The molecule has 1 atom stereocenters. The van der Waals surface area contributed by atoms with Crippen LogP contribution < -0.4 is 15.0 Å². The van der Waals surface area contributed by atoms with Crippen LogP contribution in [0.15, 0.2) is 72.1 Å². The second kappa shape index (κ2) is 12.9. The van der Waals surface area contributed by atoms with Gasteiger partial charge in [0.15, 0.2) is 11.0 Å². The van der Waals surface area contributed by atoms with Crippen molar-refractivity contribution in [3.63, 3.8) is 0 Å². The molecule has 1 saturated heterocycles. The lowest BCUT2D eigenvalue weighted by atomic mass is 9.98. The van der Waals surface area contributed by atoms with Crippen LogP contribution >= 0.6 is 11.8 Å². The van der Waals surface area contributed by atoms with E-state index in [-0.39, 0.29) is 11.7 Å². The van der Waals surface area contributed by atoms with Crippen molar-refractivity contribution < 1.29 is 27.8 Å². The van der Waals surface area contributed by atoms with E-state index in [1.54, 1.807) is 35.4 Å². The number of nitrogens with zero attached hydrogens (tertiary/aromatic N) is 6. The van der Waals surface area contributed by atoms with Crippen LogP contribution in [0.5, 0.6) is 5.75 Å². The standard InChI is InChI=1S/C30H28F3N7O3S/c1-18(2)23-11-4-19(3)14-24(23)40-27(41)16-44-29(40)37-28(42)36-25-12-5-20(15-34-25)6-13-26-35-17-39(38-26)21-7-9-22(10-8-21)43-30(31,32)33/h4-15,17-18,27,41H,16H2,1-3H3,(H,34,36,42)/b13-6+,37-29-. The van der Waals surface area contributed by atoms with Crippen LogP contribution in [0.3, 0.4) is 0 Å². The number of urea groups is 1. The molecule has 14 heteroatoms. The van der Waals surface area contributed by atoms with Crippen molar-refractivity contribution in [3.05, 3.63) is 89.6 Å². The van der Waals surface area contributed by atoms with Gasteiger partial charge < -0.3 is 9.84 Å². The van der Waals surface area contributed by atoms with Gasteiger partial charge in [-0.2, -0.15) is 4.99 Å². The van der Waals surface area contributed by atoms with Crippen molar-refractivity contribution in [1.29, 1.82) is 0 Å². The predicted molar refractivity (Wildman–Crippen MR) is 164 cm³/mol. The molecule has 2 N–H and O–H groups in total. The molecule has 1 aliphatic rings. The van der Waals surface area contributed by atoms with Crippen molar-refractivity contribution in [2.24, 2.45) is 4.99 Å². The Morgan fingerprint density at radius 2 is 1.91 bits per heavy atom. The molecule has 228 valence electrons. The number of anilines is 2. The highest BCUT2D eigenvalue weighted by Crippen LogP contribution is 2.35. The summed E-state index contributed by atoms with van der Waals surface area (Å²) in [5.41, 5.74) is 4.12. The zero-order chi connectivity index (χ0) is 31.4. The molecule has 5 rings (SSSR count). The molecule has 3 heterocycles. The molecule has 10 nitrogen and oxygen atoms in total. The fourth-order valence-corrected chi connectivity index (χ4v) is 5.32. The van der Waals surface area contributed by atoms with Gasteiger partial charge in [0.1, 0.15) is 24.1 Å². The quantitative estimate of drug-likeness (QED) is 0.236. The van der Waals surface area contributed by atoms with Crippen molar-refractivity contribution in [2.45, 2.75) is 39.3 Å². The highest BCUT2D eigenvalue weighted by molar-refractivity contribution is 8.14. The fourth-order valence-electron chi connectivity index (χ4n) is 4.37. The van der Waals surface area contributed by atoms with Gasteiger partial charge in [-0.15, -0.1) is 18.3 Å². The van der Waals surface area contributed by atoms with Gasteiger partial charge >= 0.3 is 12.4 Å². The normalized spacial score (nSPS) is 16.3. The fraction of sp³-hybridized carbons (Fsp3) is 0.233. The SMILES string of the molecule is Cc1ccc(C(C)C)c(N2/C(=N/C(=O)Nc3ccc(/C=C/c4ncn(-c5ccc(OC(F)(F)F)cc5)n4)cn3)SCC2O)c1. The number of aliphatic hydroxyl groups is 1. The first-order chi connectivity index (χ1) is 20.9. The summed E-state index contributed by atoms with van der Waals surface area (Å²) in [6, 6.07) is 14.0. The Balaban J connectivity index is 1.22. The summed E-state index contributed by atoms with van der Waals surface area (Å²) in [5.74, 6) is 0.924. The topological polar surface area (TPSA) is 118 Å². The number of carbonyl (C=O) groups is 1. The van der Waals surface area contributed by atoms with E-state index in [1.807, 2.05) is 25.1 Å². The summed E-state index contributed by atoms with van der Waals surface area (Å²) in [5, 5.41) is 18.1. The second-order valence-corrected chi connectivity index (χ2v) is 11.1. The molecule has 1 aliphatic heterocycles. The minimum atomic E-state index is -4.76. The number of ether oxygens (including phenoxy) is 1. The molecule has 0 saturated carbocycles. The first-order valence-electron chi connectivity index (χ1n) is 13.5. The third-order valence-corrected chi connectivity index (χ3v) is 7.43. The third kappa shape index (κ3) is 7.63. The van der Waals surface area contributed by atoms with Crippen LogP contribution in [0.2, 0.25) is 0 Å². The van der Waals surface area contributed by atoms with Crippen LogP contribution in [-0.4, -0.2) is 54.4 Å². The molecule has 1 unspecified atom stereocenters. The summed E-state index contributed by atoms with van der Waals surface area (Å²) in [4.78, 5) is 27.2. The molecule has 0 bridgehead atoms. The monoisotopic (exact) mass is 623 g/mol. The van der Waals surface area contributed by atoms with E-state index >= 15 is 0 Å². The number of rotatable bonds is 7. The Kier molecular flexibility index (Phi) is 9.01. The number of carbonyl (C=O) groups excluding carboxylic acids is 1. The number of amidine groups is 1. The number of nitrogens with one attached hydrogen (secondary N) is 1. The number of amides is 2. The van der Waals surface area contributed by atoms with Crippen molar-refractivity contribution in [3.8, 4) is 11.4 Å². The van der Waals surface area contributed by atoms with Gasteiger partial charge in [0.25, 0.3) is 0 Å². The maximum absolute atomic E-state index is 12.8. The summed E-state index contributed by atoms with van der Waals surface area (Å²) in [7, 11) is 0. The molecule has 2 aromatic carbocycles. The number of aromatic nitrogens is 4. The lowest BCUT2D eigenvalue weighted by Crippen LogP contribution is -2.35. The summed E-state index contributed by atoms with van der Waals surface area (Å²) < 4.78 is 42.4. The second-order valence-electron chi connectivity index (χ2n) is 10.1. The van der Waals surface area contributed by atoms with Gasteiger partial charge in [-0.05, 0) is 84.1 Å². The maximum atomic E-state index is 12.8. The summed E-state index contributed by atoms with van der Waals surface area (Å²) in [6.45, 7) is 6.12. The molecule has 2 aromatic heterocycles. The van der Waals surface area contributed by atoms with E-state index in [4.69, 9.17) is 0 Å². The van der Waals surface area contributed by atoms with Crippen LogP contribution in [0.25, 0.3) is 17.8 Å². The summed E-state index contributed by atoms with van der Waals surface area (Å²) in [6.07, 6.45) is 0.782. The first kappa shape index (κ1) is 30.8. The Morgan fingerprint density at radius 1 is 1.14 bits per heavy atom. The van der Waals surface area contributed by atoms with Crippen molar-refractivity contribution >= 4 is 46.6 Å². The highest BCUT2D eigenvalue weighted by Gasteiger charge is 2.33. The average Bonchev–Trinajstić information content (AvgIpc) is 3.58. The molecule has 4 aromatic rings. The van der Waals surface area contributed by atoms with Crippen LogP contribution in [0.4, 0.5) is 29.5 Å². The summed E-state index contributed by atoms with van der Waals surface area (Å²) >= 11 is 1.30. The number of alkyl halides is 3. The molecule has 2 amide bonds. The Bertz CT molecular complexity index is 1690. The molecule has 44 heavy (non-hydrogen) atoms. The molecule has 0 aliphatic carbocycles. The van der Waals surface area contributed by atoms with Gasteiger partial charge in [-0.3, -0.25) is 10.2 Å². The predicted octanol–water partition coefficient (Wildman–Crippen LogP) is 6.62. The number of halogens is 3. The van der Waals surface area contributed by atoms with Crippen molar-refractivity contribution in [2.75, 3.05) is 16.0 Å². The van der Waals surface area contributed by atoms with Crippen LogP contribution in [-0.2, 0) is 0 Å². The van der Waals surface area contributed by atoms with E-state index in [0.717, 1.165) is 16.8 Å². The van der Waals surface area contributed by atoms with Gasteiger partial charge in [0.05, 0.1) is 5.69 Å². The van der Waals surface area contributed by atoms with E-state index in [9.17, 15) is 23.1 Å². The third-order valence-electron chi connectivity index (χ3n) is 6.42. The number of thioether (sulfide) groups is 1. The minimum Gasteiger partial charge on any atom is -0.406 e. The Labute approximate surface area is 255 Å². The molecule has 1 fully saturated rings. The van der Waals surface area contributed by atoms with E-state index < -0.39 is 18.6 Å². The first-order valence-corrected chi connectivity index (χ1v) is 14.5. The number of aliphatic imine (C=N–C) groups is 1. The minimum absolute atomic E-state index is 0.212. The molecular formula is C30H28F3N7O3S. The van der Waals surface area contributed by atoms with Crippen molar-refractivity contribution in [1.82, 2.24) is 19.7 Å². The lowest BCUT2D eigenvalue weighted by molar-refractivity contribution is -0.274. The highest BCUT2D eigenvalue weighted by atomic mass is 32.2. The number of aliphatic hydroxyl groups excluding tert-OH is 1. The lowest BCUT2D eigenvalue weighted by Gasteiger charge is -2.26. The number of hydrogen-bond acceptors (Lipinski definition) is 7. The zero-order valence-corrected chi connectivity index (χ0v) is 24.7. The van der Waals surface area contributed by atoms with Crippen LogP contribution in [0.1, 0.15) is 42.3 Å². The van der Waals surface area contributed by atoms with Gasteiger partial charge in [0, 0.05) is 17.6 Å². The average molecular weight is 624 g/mol.